The summed E-state index contributed by atoms with van der Waals surface area (Å²) in [4.78, 5) is 0. The SMILES string of the molecule is Cc1nnc(Cn2cc(CCCCl)nn2)n1C. The van der Waals surface area contributed by atoms with Crippen LogP contribution in [0, 0.1) is 6.92 Å². The fourth-order valence-electron chi connectivity index (χ4n) is 1.51. The van der Waals surface area contributed by atoms with Crippen LogP contribution >= 0.6 is 11.6 Å². The number of halogens is 1. The lowest BCUT2D eigenvalue weighted by Gasteiger charge is -2.00. The standard InChI is InChI=1S/C10H15ClN6/c1-8-12-14-10(16(8)2)7-17-6-9(13-15-17)4-3-5-11/h6H,3-5,7H2,1-2H3. The van der Waals surface area contributed by atoms with Gasteiger partial charge in [-0.1, -0.05) is 5.21 Å². The lowest BCUT2D eigenvalue weighted by molar-refractivity contribution is 0.603. The Kier molecular flexibility index (Phi) is 3.73. The van der Waals surface area contributed by atoms with E-state index in [1.165, 1.54) is 0 Å². The van der Waals surface area contributed by atoms with Gasteiger partial charge in [0.15, 0.2) is 5.82 Å². The second kappa shape index (κ2) is 5.27. The molecule has 0 aliphatic carbocycles. The highest BCUT2D eigenvalue weighted by atomic mass is 35.5. The summed E-state index contributed by atoms with van der Waals surface area (Å²) in [6.07, 6.45) is 3.71. The van der Waals surface area contributed by atoms with Crippen molar-refractivity contribution in [3.05, 3.63) is 23.5 Å². The van der Waals surface area contributed by atoms with Crippen molar-refractivity contribution in [2.24, 2.45) is 7.05 Å². The molecule has 92 valence electrons. The molecule has 0 amide bonds. The van der Waals surface area contributed by atoms with E-state index in [2.05, 4.69) is 20.5 Å². The number of rotatable bonds is 5. The van der Waals surface area contributed by atoms with Crippen LogP contribution in [0.25, 0.3) is 0 Å². The minimum Gasteiger partial charge on any atom is -0.317 e. The van der Waals surface area contributed by atoms with Gasteiger partial charge in [-0.25, -0.2) is 4.68 Å². The Labute approximate surface area is 105 Å². The van der Waals surface area contributed by atoms with E-state index in [4.69, 9.17) is 11.6 Å². The van der Waals surface area contributed by atoms with Crippen LogP contribution in [0.1, 0.15) is 23.8 Å². The first-order valence-corrected chi connectivity index (χ1v) is 6.04. The second-order valence-electron chi connectivity index (χ2n) is 3.92. The first-order chi connectivity index (χ1) is 8.20. The van der Waals surface area contributed by atoms with E-state index in [9.17, 15) is 0 Å². The molecule has 0 atom stereocenters. The van der Waals surface area contributed by atoms with Crippen LogP contribution in [0.5, 0.6) is 0 Å². The quantitative estimate of drug-likeness (QED) is 0.745. The van der Waals surface area contributed by atoms with E-state index in [0.29, 0.717) is 12.4 Å². The van der Waals surface area contributed by atoms with Crippen molar-refractivity contribution in [2.45, 2.75) is 26.3 Å². The topological polar surface area (TPSA) is 61.4 Å². The second-order valence-corrected chi connectivity index (χ2v) is 4.30. The van der Waals surface area contributed by atoms with Gasteiger partial charge in [0.05, 0.1) is 5.69 Å². The number of aromatic nitrogens is 6. The van der Waals surface area contributed by atoms with Crippen LogP contribution in [0.2, 0.25) is 0 Å². The highest BCUT2D eigenvalue weighted by molar-refractivity contribution is 6.17. The zero-order valence-corrected chi connectivity index (χ0v) is 10.7. The van der Waals surface area contributed by atoms with Crippen LogP contribution < -0.4 is 0 Å². The predicted molar refractivity (Wildman–Crippen MR) is 63.9 cm³/mol. The van der Waals surface area contributed by atoms with Crippen LogP contribution in [-0.4, -0.2) is 35.6 Å². The van der Waals surface area contributed by atoms with Gasteiger partial charge in [-0.2, -0.15) is 0 Å². The molecule has 0 radical (unpaired) electrons. The van der Waals surface area contributed by atoms with Crippen molar-refractivity contribution in [3.8, 4) is 0 Å². The van der Waals surface area contributed by atoms with E-state index >= 15 is 0 Å². The van der Waals surface area contributed by atoms with E-state index in [1.807, 2.05) is 24.7 Å². The van der Waals surface area contributed by atoms with E-state index in [1.54, 1.807) is 4.68 Å². The summed E-state index contributed by atoms with van der Waals surface area (Å²) in [7, 11) is 1.94. The zero-order chi connectivity index (χ0) is 12.3. The molecule has 0 saturated carbocycles. The van der Waals surface area contributed by atoms with Crippen LogP contribution in [0.3, 0.4) is 0 Å². The van der Waals surface area contributed by atoms with Crippen LogP contribution in [-0.2, 0) is 20.0 Å². The van der Waals surface area contributed by atoms with Crippen LogP contribution in [0.4, 0.5) is 0 Å². The lowest BCUT2D eigenvalue weighted by Crippen LogP contribution is -2.07. The minimum absolute atomic E-state index is 0.589. The summed E-state index contributed by atoms with van der Waals surface area (Å²) >= 11 is 5.63. The maximum absolute atomic E-state index is 5.63. The fourth-order valence-corrected chi connectivity index (χ4v) is 1.65. The summed E-state index contributed by atoms with van der Waals surface area (Å²) in [5.41, 5.74) is 0.963. The van der Waals surface area contributed by atoms with Gasteiger partial charge in [0.25, 0.3) is 0 Å². The highest BCUT2D eigenvalue weighted by Gasteiger charge is 2.07. The Morgan fingerprint density at radius 1 is 1.29 bits per heavy atom. The first kappa shape index (κ1) is 12.0. The van der Waals surface area contributed by atoms with Gasteiger partial charge in [-0.15, -0.1) is 26.9 Å². The van der Waals surface area contributed by atoms with Crippen molar-refractivity contribution < 1.29 is 0 Å². The third-order valence-corrected chi connectivity index (χ3v) is 2.91. The Balaban J connectivity index is 2.04. The molecular formula is C10H15ClN6. The zero-order valence-electron chi connectivity index (χ0n) is 9.97. The summed E-state index contributed by atoms with van der Waals surface area (Å²) in [5, 5.41) is 16.2. The largest absolute Gasteiger partial charge is 0.317 e. The van der Waals surface area contributed by atoms with Crippen molar-refractivity contribution in [3.63, 3.8) is 0 Å². The average Bonchev–Trinajstić information content (AvgIpc) is 2.89. The molecule has 0 aliphatic rings. The molecule has 0 N–H and O–H groups in total. The Morgan fingerprint density at radius 2 is 2.12 bits per heavy atom. The molecule has 0 aliphatic heterocycles. The fraction of sp³-hybridized carbons (Fsp3) is 0.600. The van der Waals surface area contributed by atoms with Gasteiger partial charge >= 0.3 is 0 Å². The van der Waals surface area contributed by atoms with Gasteiger partial charge < -0.3 is 4.57 Å². The summed E-state index contributed by atoms with van der Waals surface area (Å²) in [5.74, 6) is 2.41. The van der Waals surface area contributed by atoms with E-state index in [0.717, 1.165) is 30.2 Å². The molecular weight excluding hydrogens is 240 g/mol. The Bertz CT molecular complexity index is 489. The number of hydrogen-bond donors (Lipinski definition) is 0. The third kappa shape index (κ3) is 2.82. The maximum atomic E-state index is 5.63. The smallest absolute Gasteiger partial charge is 0.154 e. The summed E-state index contributed by atoms with van der Waals surface area (Å²) in [6, 6.07) is 0. The third-order valence-electron chi connectivity index (χ3n) is 2.64. The van der Waals surface area contributed by atoms with Gasteiger partial charge in [0.1, 0.15) is 12.4 Å². The Morgan fingerprint density at radius 3 is 2.76 bits per heavy atom. The molecule has 2 aromatic heterocycles. The molecule has 2 heterocycles. The molecule has 0 spiro atoms. The molecule has 0 bridgehead atoms. The first-order valence-electron chi connectivity index (χ1n) is 5.50. The van der Waals surface area contributed by atoms with Crippen molar-refractivity contribution in [1.29, 1.82) is 0 Å². The molecule has 6 nitrogen and oxygen atoms in total. The van der Waals surface area contributed by atoms with Crippen molar-refractivity contribution in [2.75, 3.05) is 5.88 Å². The predicted octanol–water partition coefficient (Wildman–Crippen LogP) is 0.935. The normalized spacial score (nSPS) is 11.0. The van der Waals surface area contributed by atoms with Gasteiger partial charge in [0.2, 0.25) is 0 Å². The monoisotopic (exact) mass is 254 g/mol. The van der Waals surface area contributed by atoms with E-state index < -0.39 is 0 Å². The number of nitrogens with zero attached hydrogens (tertiary/aromatic N) is 6. The highest BCUT2D eigenvalue weighted by Crippen LogP contribution is 2.03. The lowest BCUT2D eigenvalue weighted by atomic mass is 10.3. The molecule has 0 fully saturated rings. The van der Waals surface area contributed by atoms with Gasteiger partial charge in [-0.05, 0) is 19.8 Å². The van der Waals surface area contributed by atoms with E-state index in [-0.39, 0.29) is 0 Å². The molecule has 17 heavy (non-hydrogen) atoms. The van der Waals surface area contributed by atoms with Gasteiger partial charge in [-0.3, -0.25) is 0 Å². The average molecular weight is 255 g/mol. The maximum Gasteiger partial charge on any atom is 0.154 e. The van der Waals surface area contributed by atoms with Crippen LogP contribution in [0.15, 0.2) is 6.20 Å². The molecule has 7 heteroatoms. The van der Waals surface area contributed by atoms with Crippen molar-refractivity contribution >= 4 is 11.6 Å². The molecule has 2 aromatic rings. The number of aryl methyl sites for hydroxylation is 2. The number of hydrogen-bond acceptors (Lipinski definition) is 4. The van der Waals surface area contributed by atoms with Gasteiger partial charge in [0, 0.05) is 19.1 Å². The Hall–Kier alpha value is -1.43. The molecule has 0 aromatic carbocycles. The number of alkyl halides is 1. The summed E-state index contributed by atoms with van der Waals surface area (Å²) in [6.45, 7) is 2.51. The molecule has 0 saturated heterocycles. The molecule has 2 rings (SSSR count). The van der Waals surface area contributed by atoms with Crippen molar-refractivity contribution in [1.82, 2.24) is 29.8 Å². The molecule has 0 unspecified atom stereocenters. The summed E-state index contributed by atoms with van der Waals surface area (Å²) < 4.78 is 3.72. The minimum atomic E-state index is 0.589.